The summed E-state index contributed by atoms with van der Waals surface area (Å²) in [6.07, 6.45) is 0.315. The molecule has 2 atom stereocenters. The van der Waals surface area contributed by atoms with Gasteiger partial charge >= 0.3 is 5.97 Å². The molecule has 0 heterocycles. The molecule has 4 nitrogen and oxygen atoms in total. The van der Waals surface area contributed by atoms with Crippen molar-refractivity contribution < 1.29 is 14.7 Å². The van der Waals surface area contributed by atoms with Crippen molar-refractivity contribution >= 4 is 11.9 Å². The largest absolute Gasteiger partial charge is 0.480 e. The van der Waals surface area contributed by atoms with Crippen molar-refractivity contribution in [2.24, 2.45) is 0 Å². The van der Waals surface area contributed by atoms with Crippen LogP contribution in [0.3, 0.4) is 0 Å². The molecular weight excluding hydrogens is 266 g/mol. The summed E-state index contributed by atoms with van der Waals surface area (Å²) in [7, 11) is 1.54. The number of nitrogens with zero attached hydrogens (tertiary/aromatic N) is 1. The fraction of sp³-hybridized carbons (Fsp3) is 0.529. The lowest BCUT2D eigenvalue weighted by Crippen LogP contribution is -2.40. The number of benzene rings is 1. The van der Waals surface area contributed by atoms with E-state index in [2.05, 4.69) is 26.0 Å². The Hall–Kier alpha value is -1.84. The molecule has 0 aromatic heterocycles. The number of carbonyl (C=O) groups is 2. The minimum absolute atomic E-state index is 0.0714. The Balaban J connectivity index is 2.70. The number of likely N-dealkylation sites (N-methyl/N-ethyl adjacent to an activating group) is 1. The number of amides is 1. The lowest BCUT2D eigenvalue weighted by molar-refractivity contribution is -0.148. The van der Waals surface area contributed by atoms with Gasteiger partial charge in [0, 0.05) is 13.5 Å². The Kier molecular flexibility index (Phi) is 5.94. The van der Waals surface area contributed by atoms with E-state index in [1.54, 1.807) is 0 Å². The standard InChI is InChI=1S/C17H25NO3/c1-11(2)14-6-8-15(9-7-14)12(3)10-16(19)18(5)13(4)17(20)21/h6-9,11-13H,10H2,1-5H3,(H,20,21). The van der Waals surface area contributed by atoms with E-state index in [9.17, 15) is 9.59 Å². The van der Waals surface area contributed by atoms with Crippen LogP contribution in [0.15, 0.2) is 24.3 Å². The minimum Gasteiger partial charge on any atom is -0.480 e. The molecule has 1 aromatic carbocycles. The van der Waals surface area contributed by atoms with Gasteiger partial charge in [-0.2, -0.15) is 0 Å². The molecule has 21 heavy (non-hydrogen) atoms. The van der Waals surface area contributed by atoms with Gasteiger partial charge in [-0.1, -0.05) is 45.0 Å². The van der Waals surface area contributed by atoms with Crippen LogP contribution in [0.2, 0.25) is 0 Å². The molecule has 0 aliphatic heterocycles. The highest BCUT2D eigenvalue weighted by atomic mass is 16.4. The van der Waals surface area contributed by atoms with Crippen LogP contribution < -0.4 is 0 Å². The number of aliphatic carboxylic acids is 1. The molecule has 0 fully saturated rings. The molecule has 0 radical (unpaired) electrons. The molecule has 1 amide bonds. The number of carbonyl (C=O) groups excluding carboxylic acids is 1. The average Bonchev–Trinajstić information content (AvgIpc) is 2.45. The Morgan fingerprint density at radius 2 is 1.52 bits per heavy atom. The average molecular weight is 291 g/mol. The molecule has 1 rings (SSSR count). The Labute approximate surface area is 126 Å². The minimum atomic E-state index is -0.986. The molecule has 2 unspecified atom stereocenters. The van der Waals surface area contributed by atoms with Crippen LogP contribution in [0.4, 0.5) is 0 Å². The van der Waals surface area contributed by atoms with E-state index in [0.29, 0.717) is 12.3 Å². The van der Waals surface area contributed by atoms with E-state index < -0.39 is 12.0 Å². The molecule has 0 bridgehead atoms. The molecule has 116 valence electrons. The first-order valence-corrected chi connectivity index (χ1v) is 7.32. The second kappa shape index (κ2) is 7.25. The maximum absolute atomic E-state index is 12.1. The number of rotatable bonds is 6. The maximum Gasteiger partial charge on any atom is 0.326 e. The van der Waals surface area contributed by atoms with Gasteiger partial charge in [0.1, 0.15) is 6.04 Å². The van der Waals surface area contributed by atoms with Crippen LogP contribution in [0.1, 0.15) is 57.1 Å². The molecule has 1 aromatic rings. The van der Waals surface area contributed by atoms with Gasteiger partial charge in [-0.15, -0.1) is 0 Å². The van der Waals surface area contributed by atoms with Crippen molar-refractivity contribution in [2.75, 3.05) is 7.05 Å². The van der Waals surface area contributed by atoms with Gasteiger partial charge in [0.05, 0.1) is 0 Å². The summed E-state index contributed by atoms with van der Waals surface area (Å²) < 4.78 is 0. The fourth-order valence-corrected chi connectivity index (χ4v) is 2.11. The fourth-order valence-electron chi connectivity index (χ4n) is 2.11. The zero-order valence-electron chi connectivity index (χ0n) is 13.5. The smallest absolute Gasteiger partial charge is 0.326 e. The molecule has 1 N–H and O–H groups in total. The second-order valence-electron chi connectivity index (χ2n) is 5.95. The second-order valence-corrected chi connectivity index (χ2v) is 5.95. The maximum atomic E-state index is 12.1. The van der Waals surface area contributed by atoms with Crippen LogP contribution in [0.25, 0.3) is 0 Å². The summed E-state index contributed by atoms with van der Waals surface area (Å²) in [6.45, 7) is 7.79. The van der Waals surface area contributed by atoms with Crippen molar-refractivity contribution in [3.63, 3.8) is 0 Å². The summed E-state index contributed by atoms with van der Waals surface area (Å²) in [4.78, 5) is 24.3. The summed E-state index contributed by atoms with van der Waals surface area (Å²) in [5, 5.41) is 8.94. The van der Waals surface area contributed by atoms with Crippen LogP contribution >= 0.6 is 0 Å². The Morgan fingerprint density at radius 1 is 1.05 bits per heavy atom. The zero-order chi connectivity index (χ0) is 16.2. The number of hydrogen-bond donors (Lipinski definition) is 1. The molecule has 4 heteroatoms. The zero-order valence-corrected chi connectivity index (χ0v) is 13.5. The topological polar surface area (TPSA) is 57.6 Å². The van der Waals surface area contributed by atoms with Gasteiger partial charge in [-0.05, 0) is 29.9 Å². The van der Waals surface area contributed by atoms with E-state index in [1.165, 1.54) is 24.4 Å². The van der Waals surface area contributed by atoms with Crippen LogP contribution in [0.5, 0.6) is 0 Å². The number of hydrogen-bond acceptors (Lipinski definition) is 2. The van der Waals surface area contributed by atoms with E-state index in [1.807, 2.05) is 19.1 Å². The van der Waals surface area contributed by atoms with Crippen molar-refractivity contribution in [3.8, 4) is 0 Å². The summed E-state index contributed by atoms with van der Waals surface area (Å²) in [5.41, 5.74) is 2.37. The number of carboxylic acid groups (broad SMARTS) is 1. The predicted molar refractivity (Wildman–Crippen MR) is 83.4 cm³/mol. The van der Waals surface area contributed by atoms with Gasteiger partial charge in [0.25, 0.3) is 0 Å². The van der Waals surface area contributed by atoms with E-state index in [-0.39, 0.29) is 11.8 Å². The van der Waals surface area contributed by atoms with Crippen molar-refractivity contribution in [1.29, 1.82) is 0 Å². The van der Waals surface area contributed by atoms with Gasteiger partial charge in [-0.3, -0.25) is 4.79 Å². The lowest BCUT2D eigenvalue weighted by atomic mass is 9.94. The predicted octanol–water partition coefficient (Wildman–Crippen LogP) is 3.24. The Bertz CT molecular complexity index is 493. The summed E-state index contributed by atoms with van der Waals surface area (Å²) >= 11 is 0. The highest BCUT2D eigenvalue weighted by Crippen LogP contribution is 2.23. The Morgan fingerprint density at radius 3 is 1.95 bits per heavy atom. The molecule has 0 aliphatic carbocycles. The summed E-state index contributed by atoms with van der Waals surface area (Å²) in [6, 6.07) is 7.48. The molecule has 0 saturated carbocycles. The quantitative estimate of drug-likeness (QED) is 0.875. The number of carboxylic acids is 1. The van der Waals surface area contributed by atoms with Crippen LogP contribution in [-0.4, -0.2) is 35.0 Å². The van der Waals surface area contributed by atoms with Crippen molar-refractivity contribution in [1.82, 2.24) is 4.90 Å². The first-order chi connectivity index (χ1) is 9.73. The van der Waals surface area contributed by atoms with Gasteiger partial charge in [-0.25, -0.2) is 4.79 Å². The first kappa shape index (κ1) is 17.2. The lowest BCUT2D eigenvalue weighted by Gasteiger charge is -2.23. The monoisotopic (exact) mass is 291 g/mol. The normalized spacial score (nSPS) is 13.8. The van der Waals surface area contributed by atoms with E-state index >= 15 is 0 Å². The van der Waals surface area contributed by atoms with Gasteiger partial charge in [0.15, 0.2) is 0 Å². The van der Waals surface area contributed by atoms with Gasteiger partial charge in [0.2, 0.25) is 5.91 Å². The van der Waals surface area contributed by atoms with Crippen molar-refractivity contribution in [2.45, 2.75) is 52.0 Å². The third kappa shape index (κ3) is 4.59. The summed E-state index contributed by atoms with van der Waals surface area (Å²) in [5.74, 6) is -0.578. The highest BCUT2D eigenvalue weighted by Gasteiger charge is 2.23. The van der Waals surface area contributed by atoms with E-state index in [4.69, 9.17) is 5.11 Å². The third-order valence-electron chi connectivity index (χ3n) is 3.98. The molecule has 0 spiro atoms. The van der Waals surface area contributed by atoms with Gasteiger partial charge < -0.3 is 10.0 Å². The third-order valence-corrected chi connectivity index (χ3v) is 3.98. The first-order valence-electron chi connectivity index (χ1n) is 7.32. The van der Waals surface area contributed by atoms with Crippen molar-refractivity contribution in [3.05, 3.63) is 35.4 Å². The molecular formula is C17H25NO3. The van der Waals surface area contributed by atoms with Crippen LogP contribution in [-0.2, 0) is 9.59 Å². The highest BCUT2D eigenvalue weighted by molar-refractivity contribution is 5.83. The SMILES string of the molecule is CC(C)c1ccc(C(C)CC(=O)N(C)C(C)C(=O)O)cc1. The molecule has 0 saturated heterocycles. The van der Waals surface area contributed by atoms with Crippen LogP contribution in [0, 0.1) is 0 Å². The molecule has 0 aliphatic rings. The van der Waals surface area contributed by atoms with E-state index in [0.717, 1.165) is 5.56 Å².